The zero-order valence-corrected chi connectivity index (χ0v) is 50.6. The largest absolute Gasteiger partial charge is 0.480 e. The third kappa shape index (κ3) is 23.3. The molecule has 1 aromatic rings. The number of thiocarbonyl (C=S) groups is 1. The summed E-state index contributed by atoms with van der Waals surface area (Å²) in [6.45, 7) is 17.8. The van der Waals surface area contributed by atoms with Crippen molar-refractivity contribution in [2.24, 2.45) is 23.7 Å². The predicted octanol–water partition coefficient (Wildman–Crippen LogP) is 3.56. The van der Waals surface area contributed by atoms with Crippen molar-refractivity contribution in [3.63, 3.8) is 0 Å². The summed E-state index contributed by atoms with van der Waals surface area (Å²) in [6.07, 6.45) is 3.49. The molecular formula is C58H94N6O16S. The molecule has 0 aromatic heterocycles. The number of rotatable bonds is 42. The lowest BCUT2D eigenvalue weighted by atomic mass is 9.89. The molecule has 0 saturated carbocycles. The van der Waals surface area contributed by atoms with Crippen LogP contribution in [0.2, 0.25) is 0 Å². The number of ether oxygens (including phenoxy) is 8. The minimum atomic E-state index is -1.03. The molecular weight excluding hydrogens is 1070 g/mol. The summed E-state index contributed by atoms with van der Waals surface area (Å²) >= 11 is 5.79. The molecule has 2 aliphatic heterocycles. The predicted molar refractivity (Wildman–Crippen MR) is 307 cm³/mol. The van der Waals surface area contributed by atoms with Crippen molar-refractivity contribution in [2.75, 3.05) is 121 Å². The van der Waals surface area contributed by atoms with Crippen LogP contribution in [0.25, 0.3) is 0 Å². The van der Waals surface area contributed by atoms with Gasteiger partial charge in [0.1, 0.15) is 18.1 Å². The van der Waals surface area contributed by atoms with E-state index in [2.05, 4.69) is 10.6 Å². The lowest BCUT2D eigenvalue weighted by molar-refractivity contribution is -0.148. The van der Waals surface area contributed by atoms with Gasteiger partial charge in [-0.3, -0.25) is 33.7 Å². The fourth-order valence-electron chi connectivity index (χ4n) is 10.1. The van der Waals surface area contributed by atoms with Crippen molar-refractivity contribution in [1.29, 1.82) is 0 Å². The Hall–Kier alpha value is -4.98. The molecule has 2 heterocycles. The van der Waals surface area contributed by atoms with Gasteiger partial charge in [0.15, 0.2) is 0 Å². The SMILES string of the molecule is CC[C@H](C)[C@@H]([C@@H](CC(=O)N1CCC[C@H]1[C@H](OC)[C@@H](C)C(=S)N[C@@H](Cc1ccccc1)C(=O)O)OC)N(C)C(=O)[C@@H](NC(=O)[C@H](C(C)C)N(C)C(=O)CCOCCOCCOCCOCCOCCOCCN1C(=O)C=CC1=O)C(C)C. The smallest absolute Gasteiger partial charge is 0.326 e. The highest BCUT2D eigenvalue weighted by atomic mass is 32.1. The lowest BCUT2D eigenvalue weighted by Gasteiger charge is -2.41. The molecule has 0 bridgehead atoms. The van der Waals surface area contributed by atoms with E-state index < -0.39 is 54.2 Å². The Balaban J connectivity index is 1.44. The maximum atomic E-state index is 14.7. The molecule has 0 unspecified atom stereocenters. The number of benzene rings is 1. The van der Waals surface area contributed by atoms with Crippen LogP contribution in [0.5, 0.6) is 0 Å². The molecule has 3 N–H and O–H groups in total. The van der Waals surface area contributed by atoms with Crippen LogP contribution in [0, 0.1) is 23.7 Å². The average molecular weight is 1160 g/mol. The molecule has 81 heavy (non-hydrogen) atoms. The van der Waals surface area contributed by atoms with Gasteiger partial charge in [0, 0.05) is 59.4 Å². The Morgan fingerprint density at radius 3 is 1.74 bits per heavy atom. The van der Waals surface area contributed by atoms with E-state index >= 15 is 0 Å². The molecule has 0 aliphatic carbocycles. The quantitative estimate of drug-likeness (QED) is 0.0481. The van der Waals surface area contributed by atoms with E-state index in [4.69, 9.17) is 50.1 Å². The van der Waals surface area contributed by atoms with Crippen molar-refractivity contribution >= 4 is 58.6 Å². The molecule has 0 radical (unpaired) electrons. The van der Waals surface area contributed by atoms with E-state index in [9.17, 15) is 38.7 Å². The molecule has 22 nitrogen and oxygen atoms in total. The number of amides is 6. The summed E-state index contributed by atoms with van der Waals surface area (Å²) in [5.41, 5.74) is 0.852. The van der Waals surface area contributed by atoms with Gasteiger partial charge >= 0.3 is 5.97 Å². The van der Waals surface area contributed by atoms with Crippen LogP contribution in [-0.2, 0) is 77.9 Å². The second-order valence-corrected chi connectivity index (χ2v) is 21.6. The fourth-order valence-corrected chi connectivity index (χ4v) is 10.3. The number of nitrogens with zero attached hydrogens (tertiary/aromatic N) is 4. The number of carbonyl (C=O) groups is 7. The third-order valence-electron chi connectivity index (χ3n) is 14.8. The number of methoxy groups -OCH3 is 2. The summed E-state index contributed by atoms with van der Waals surface area (Å²) < 4.78 is 45.2. The van der Waals surface area contributed by atoms with E-state index in [1.54, 1.807) is 31.0 Å². The monoisotopic (exact) mass is 1160 g/mol. The Bertz CT molecular complexity index is 2120. The maximum Gasteiger partial charge on any atom is 0.326 e. The topological polar surface area (TPSA) is 251 Å². The minimum Gasteiger partial charge on any atom is -0.480 e. The Kier molecular flexibility index (Phi) is 33.0. The van der Waals surface area contributed by atoms with Gasteiger partial charge in [-0.05, 0) is 36.2 Å². The summed E-state index contributed by atoms with van der Waals surface area (Å²) in [5.74, 6) is -4.19. The van der Waals surface area contributed by atoms with Crippen molar-refractivity contribution in [2.45, 2.75) is 129 Å². The number of nitrogens with one attached hydrogen (secondary N) is 2. The summed E-state index contributed by atoms with van der Waals surface area (Å²) in [6, 6.07) is 5.59. The zero-order chi connectivity index (χ0) is 60.0. The van der Waals surface area contributed by atoms with Gasteiger partial charge in [-0.1, -0.05) is 97.4 Å². The van der Waals surface area contributed by atoms with Gasteiger partial charge < -0.3 is 68.3 Å². The molecule has 2 aliphatic rings. The van der Waals surface area contributed by atoms with Crippen LogP contribution in [0.4, 0.5) is 0 Å². The van der Waals surface area contributed by atoms with Crippen LogP contribution in [-0.4, -0.2) is 234 Å². The summed E-state index contributed by atoms with van der Waals surface area (Å²) in [5, 5.41) is 16.1. The molecule has 0 spiro atoms. The highest BCUT2D eigenvalue weighted by Gasteiger charge is 2.43. The van der Waals surface area contributed by atoms with Crippen molar-refractivity contribution < 1.29 is 76.6 Å². The van der Waals surface area contributed by atoms with Gasteiger partial charge in [-0.2, -0.15) is 0 Å². The van der Waals surface area contributed by atoms with E-state index in [-0.39, 0.29) is 99.0 Å². The van der Waals surface area contributed by atoms with Crippen LogP contribution in [0.15, 0.2) is 42.5 Å². The molecule has 1 fully saturated rings. The molecule has 6 amide bonds. The average Bonchev–Trinajstić information content (AvgIpc) is 4.06. The normalized spacial score (nSPS) is 17.4. The number of hydrogen-bond acceptors (Lipinski definition) is 16. The maximum absolute atomic E-state index is 14.7. The highest BCUT2D eigenvalue weighted by Crippen LogP contribution is 2.30. The van der Waals surface area contributed by atoms with E-state index in [1.165, 1.54) is 24.2 Å². The first-order valence-corrected chi connectivity index (χ1v) is 28.9. The first-order valence-electron chi connectivity index (χ1n) is 28.4. The second-order valence-electron chi connectivity index (χ2n) is 21.2. The molecule has 458 valence electrons. The van der Waals surface area contributed by atoms with Crippen molar-refractivity contribution in [3.05, 3.63) is 48.0 Å². The number of carbonyl (C=O) groups excluding carboxylic acids is 6. The van der Waals surface area contributed by atoms with Crippen LogP contribution >= 0.6 is 12.2 Å². The van der Waals surface area contributed by atoms with Crippen LogP contribution in [0.1, 0.15) is 86.1 Å². The minimum absolute atomic E-state index is 0.0254. The molecule has 9 atom stereocenters. The molecule has 23 heteroatoms. The second kappa shape index (κ2) is 38.0. The number of likely N-dealkylation sites (N-methyl/N-ethyl adjacent to an activating group) is 2. The molecule has 1 aromatic carbocycles. The lowest BCUT2D eigenvalue weighted by Crippen LogP contribution is -2.60. The number of hydrogen-bond donors (Lipinski definition) is 3. The van der Waals surface area contributed by atoms with Crippen molar-refractivity contribution in [3.8, 4) is 0 Å². The van der Waals surface area contributed by atoms with E-state index in [0.717, 1.165) is 16.9 Å². The standard InChI is InChI=1S/C58H94N6O16S/c1-12-41(6)53(46(73-10)38-50(68)63-23-16-19-45(63)54(74-11)42(7)56(81)59-44(58(71)72)37-43-17-14-13-15-18-43)62(9)57(70)51(39(2)3)60-55(69)52(40(4)5)61(8)47(65)22-25-75-27-29-77-31-33-79-35-36-80-34-32-78-30-28-76-26-24-64-48(66)20-21-49(64)67/h13-15,17-18,20-21,39-42,44-46,51-54H,12,16,19,22-38H2,1-11H3,(H,59,81)(H,60,69)(H,71,72)/t41-,42+,44-,45-,46+,51-,52-,53-,54+/m0/s1. The Labute approximate surface area is 485 Å². The van der Waals surface area contributed by atoms with Gasteiger partial charge in [0.05, 0.1) is 128 Å². The van der Waals surface area contributed by atoms with Gasteiger partial charge in [-0.25, -0.2) is 4.79 Å². The number of imide groups is 1. The fraction of sp³-hybridized carbons (Fsp3) is 0.724. The Morgan fingerprint density at radius 1 is 0.728 bits per heavy atom. The van der Waals surface area contributed by atoms with Crippen LogP contribution < -0.4 is 10.6 Å². The first-order chi connectivity index (χ1) is 38.7. The van der Waals surface area contributed by atoms with E-state index in [0.29, 0.717) is 83.8 Å². The Morgan fingerprint density at radius 2 is 1.26 bits per heavy atom. The summed E-state index contributed by atoms with van der Waals surface area (Å²) in [7, 11) is 6.35. The van der Waals surface area contributed by atoms with Gasteiger partial charge in [0.25, 0.3) is 11.8 Å². The van der Waals surface area contributed by atoms with E-state index in [1.807, 2.05) is 78.8 Å². The van der Waals surface area contributed by atoms with Gasteiger partial charge in [-0.15, -0.1) is 0 Å². The number of carboxylic acid groups (broad SMARTS) is 1. The number of carboxylic acids is 1. The van der Waals surface area contributed by atoms with Crippen LogP contribution in [0.3, 0.4) is 0 Å². The third-order valence-corrected chi connectivity index (χ3v) is 15.3. The number of likely N-dealkylation sites (tertiary alicyclic amines) is 1. The number of aliphatic carboxylic acids is 1. The molecule has 1 saturated heterocycles. The summed E-state index contributed by atoms with van der Waals surface area (Å²) in [4.78, 5) is 98.3. The van der Waals surface area contributed by atoms with Gasteiger partial charge in [0.2, 0.25) is 23.6 Å². The zero-order valence-electron chi connectivity index (χ0n) is 49.8. The molecule has 3 rings (SSSR count). The first kappa shape index (κ1) is 70.3. The van der Waals surface area contributed by atoms with Crippen molar-refractivity contribution in [1.82, 2.24) is 30.2 Å². The highest BCUT2D eigenvalue weighted by molar-refractivity contribution is 7.80.